The molecular weight excluding hydrogens is 124 g/mol. The zero-order valence-electron chi connectivity index (χ0n) is 6.96. The maximum Gasteiger partial charge on any atom is 0.0912 e. The third kappa shape index (κ3) is 5.35. The zero-order valence-corrected chi connectivity index (χ0v) is 6.96. The van der Waals surface area contributed by atoms with Gasteiger partial charge in [0.15, 0.2) is 0 Å². The van der Waals surface area contributed by atoms with Crippen molar-refractivity contribution < 1.29 is 0 Å². The van der Waals surface area contributed by atoms with Crippen molar-refractivity contribution >= 4 is 5.84 Å². The summed E-state index contributed by atoms with van der Waals surface area (Å²) in [5.74, 6) is 0.647. The van der Waals surface area contributed by atoms with E-state index >= 15 is 0 Å². The molecular formula is C8H16N2. The summed E-state index contributed by atoms with van der Waals surface area (Å²) in [6.07, 6.45) is 5.21. The van der Waals surface area contributed by atoms with Gasteiger partial charge in [0.1, 0.15) is 0 Å². The predicted molar refractivity (Wildman–Crippen MR) is 46.2 cm³/mol. The number of nitrogens with two attached hydrogens (primary N) is 1. The lowest BCUT2D eigenvalue weighted by atomic mass is 10.3. The van der Waals surface area contributed by atoms with Crippen LogP contribution >= 0.6 is 0 Å². The number of hydrogen-bond donors (Lipinski definition) is 1. The van der Waals surface area contributed by atoms with Crippen LogP contribution in [0.4, 0.5) is 0 Å². The summed E-state index contributed by atoms with van der Waals surface area (Å²) in [4.78, 5) is 4.12. The van der Waals surface area contributed by atoms with E-state index in [4.69, 9.17) is 5.73 Å². The van der Waals surface area contributed by atoms with Gasteiger partial charge in [0.2, 0.25) is 0 Å². The first-order chi connectivity index (χ1) is 4.66. The Morgan fingerprint density at radius 3 is 2.70 bits per heavy atom. The van der Waals surface area contributed by atoms with Gasteiger partial charge in [0.05, 0.1) is 11.9 Å². The highest BCUT2D eigenvalue weighted by atomic mass is 14.9. The third-order valence-corrected chi connectivity index (χ3v) is 1.06. The summed E-state index contributed by atoms with van der Waals surface area (Å²) in [6, 6.07) is 0.227. The lowest BCUT2D eigenvalue weighted by Crippen LogP contribution is -2.09. The van der Waals surface area contributed by atoms with Crippen LogP contribution in [0.25, 0.3) is 0 Å². The Hall–Kier alpha value is -0.790. The van der Waals surface area contributed by atoms with Crippen LogP contribution in [0.15, 0.2) is 17.1 Å². The average Bonchev–Trinajstić information content (AvgIpc) is 1.82. The van der Waals surface area contributed by atoms with E-state index in [0.29, 0.717) is 5.84 Å². The molecule has 0 aliphatic carbocycles. The SMILES string of the molecule is CC/C=C/C(C)N=C(C)N. The topological polar surface area (TPSA) is 38.4 Å². The Labute approximate surface area is 62.8 Å². The van der Waals surface area contributed by atoms with Gasteiger partial charge in [-0.05, 0) is 20.3 Å². The van der Waals surface area contributed by atoms with Gasteiger partial charge in [-0.2, -0.15) is 0 Å². The van der Waals surface area contributed by atoms with Gasteiger partial charge < -0.3 is 5.73 Å². The predicted octanol–water partition coefficient (Wildman–Crippen LogP) is 1.72. The minimum atomic E-state index is 0.227. The van der Waals surface area contributed by atoms with Gasteiger partial charge in [0, 0.05) is 0 Å². The van der Waals surface area contributed by atoms with Crippen molar-refractivity contribution in [3.8, 4) is 0 Å². The van der Waals surface area contributed by atoms with Gasteiger partial charge >= 0.3 is 0 Å². The first kappa shape index (κ1) is 9.21. The summed E-state index contributed by atoms with van der Waals surface area (Å²) in [7, 11) is 0. The fourth-order valence-corrected chi connectivity index (χ4v) is 0.697. The molecule has 0 heterocycles. The fourth-order valence-electron chi connectivity index (χ4n) is 0.697. The van der Waals surface area contributed by atoms with Gasteiger partial charge in [-0.1, -0.05) is 19.1 Å². The number of amidine groups is 1. The lowest BCUT2D eigenvalue weighted by Gasteiger charge is -1.97. The summed E-state index contributed by atoms with van der Waals surface area (Å²) in [5, 5.41) is 0. The Bertz CT molecular complexity index is 132. The molecule has 0 aromatic carbocycles. The minimum Gasteiger partial charge on any atom is -0.388 e. The molecule has 0 fully saturated rings. The van der Waals surface area contributed by atoms with Crippen LogP contribution in [-0.2, 0) is 0 Å². The van der Waals surface area contributed by atoms with Crippen LogP contribution < -0.4 is 5.73 Å². The van der Waals surface area contributed by atoms with Gasteiger partial charge in [-0.25, -0.2) is 0 Å². The maximum atomic E-state index is 5.38. The third-order valence-electron chi connectivity index (χ3n) is 1.06. The normalized spacial score (nSPS) is 16.1. The number of nitrogens with zero attached hydrogens (tertiary/aromatic N) is 1. The molecule has 0 aliphatic heterocycles. The summed E-state index contributed by atoms with van der Waals surface area (Å²) < 4.78 is 0. The van der Waals surface area contributed by atoms with Crippen LogP contribution in [0.2, 0.25) is 0 Å². The molecule has 2 nitrogen and oxygen atoms in total. The summed E-state index contributed by atoms with van der Waals surface area (Å²) >= 11 is 0. The van der Waals surface area contributed by atoms with E-state index < -0.39 is 0 Å². The van der Waals surface area contributed by atoms with Crippen molar-refractivity contribution in [2.45, 2.75) is 33.2 Å². The Morgan fingerprint density at radius 1 is 1.70 bits per heavy atom. The van der Waals surface area contributed by atoms with Crippen molar-refractivity contribution in [1.82, 2.24) is 0 Å². The van der Waals surface area contributed by atoms with Crippen molar-refractivity contribution in [2.75, 3.05) is 0 Å². The molecule has 0 aliphatic rings. The molecule has 0 radical (unpaired) electrons. The van der Waals surface area contributed by atoms with Crippen LogP contribution in [0.3, 0.4) is 0 Å². The van der Waals surface area contributed by atoms with Crippen LogP contribution in [-0.4, -0.2) is 11.9 Å². The quantitative estimate of drug-likeness (QED) is 0.362. The first-order valence-electron chi connectivity index (χ1n) is 3.63. The van der Waals surface area contributed by atoms with E-state index in [0.717, 1.165) is 6.42 Å². The van der Waals surface area contributed by atoms with Crippen LogP contribution in [0.5, 0.6) is 0 Å². The van der Waals surface area contributed by atoms with E-state index in [9.17, 15) is 0 Å². The molecule has 0 aromatic heterocycles. The minimum absolute atomic E-state index is 0.227. The number of aliphatic imine (C=N–C) groups is 1. The number of rotatable bonds is 3. The zero-order chi connectivity index (χ0) is 7.98. The van der Waals surface area contributed by atoms with E-state index in [1.54, 1.807) is 6.92 Å². The highest BCUT2D eigenvalue weighted by molar-refractivity contribution is 5.77. The molecule has 1 atom stereocenters. The molecule has 0 rings (SSSR count). The van der Waals surface area contributed by atoms with Crippen molar-refractivity contribution in [1.29, 1.82) is 0 Å². The molecule has 2 heteroatoms. The van der Waals surface area contributed by atoms with Crippen LogP contribution in [0, 0.1) is 0 Å². The molecule has 0 bridgehead atoms. The maximum absolute atomic E-state index is 5.38. The van der Waals surface area contributed by atoms with E-state index in [1.165, 1.54) is 0 Å². The molecule has 0 saturated heterocycles. The Morgan fingerprint density at radius 2 is 2.30 bits per heavy atom. The smallest absolute Gasteiger partial charge is 0.0912 e. The van der Waals surface area contributed by atoms with Gasteiger partial charge in [0.25, 0.3) is 0 Å². The number of hydrogen-bond acceptors (Lipinski definition) is 1. The Balaban J connectivity index is 3.74. The van der Waals surface area contributed by atoms with Gasteiger partial charge in [-0.3, -0.25) is 4.99 Å². The van der Waals surface area contributed by atoms with Crippen molar-refractivity contribution in [3.63, 3.8) is 0 Å². The lowest BCUT2D eigenvalue weighted by molar-refractivity contribution is 0.914. The largest absolute Gasteiger partial charge is 0.388 e. The molecule has 1 unspecified atom stereocenters. The molecule has 0 spiro atoms. The van der Waals surface area contributed by atoms with Gasteiger partial charge in [-0.15, -0.1) is 0 Å². The van der Waals surface area contributed by atoms with E-state index in [-0.39, 0.29) is 6.04 Å². The first-order valence-corrected chi connectivity index (χ1v) is 3.63. The van der Waals surface area contributed by atoms with Crippen molar-refractivity contribution in [3.05, 3.63) is 12.2 Å². The molecule has 2 N–H and O–H groups in total. The van der Waals surface area contributed by atoms with Crippen LogP contribution in [0.1, 0.15) is 27.2 Å². The molecule has 10 heavy (non-hydrogen) atoms. The summed E-state index contributed by atoms with van der Waals surface area (Å²) in [6.45, 7) is 5.92. The Kier molecular flexibility index (Phi) is 4.63. The highest BCUT2D eigenvalue weighted by Crippen LogP contribution is 1.92. The molecule has 0 aromatic rings. The van der Waals surface area contributed by atoms with E-state index in [2.05, 4.69) is 24.1 Å². The highest BCUT2D eigenvalue weighted by Gasteiger charge is 1.89. The van der Waals surface area contributed by atoms with Crippen molar-refractivity contribution in [2.24, 2.45) is 10.7 Å². The second-order valence-corrected chi connectivity index (χ2v) is 2.35. The molecule has 0 saturated carbocycles. The average molecular weight is 140 g/mol. The summed E-state index contributed by atoms with van der Waals surface area (Å²) in [5.41, 5.74) is 5.38. The second-order valence-electron chi connectivity index (χ2n) is 2.35. The second kappa shape index (κ2) is 5.03. The standard InChI is InChI=1S/C8H16N2/c1-4-5-6-7(2)10-8(3)9/h5-7H,4H2,1-3H3,(H2,9,10)/b6-5+. The van der Waals surface area contributed by atoms with E-state index in [1.807, 2.05) is 6.92 Å². The molecule has 58 valence electrons. The molecule has 0 amide bonds. The monoisotopic (exact) mass is 140 g/mol. The fraction of sp³-hybridized carbons (Fsp3) is 0.625. The number of allylic oxidation sites excluding steroid dienone is 1.